The van der Waals surface area contributed by atoms with E-state index < -0.39 is 0 Å². The molecule has 1 N–H and O–H groups in total. The second kappa shape index (κ2) is 7.89. The lowest BCUT2D eigenvalue weighted by atomic mass is 10.0. The van der Waals surface area contributed by atoms with Gasteiger partial charge in [0.05, 0.1) is 7.11 Å². The van der Waals surface area contributed by atoms with Gasteiger partial charge in [-0.3, -0.25) is 0 Å². The third-order valence-electron chi connectivity index (χ3n) is 3.77. The number of nitrogens with zero attached hydrogens (tertiary/aromatic N) is 1. The number of aromatic nitrogens is 1. The van der Waals surface area contributed by atoms with Crippen molar-refractivity contribution in [2.75, 3.05) is 7.11 Å². The molecule has 1 atom stereocenters. The van der Waals surface area contributed by atoms with Crippen LogP contribution in [0.3, 0.4) is 0 Å². The van der Waals surface area contributed by atoms with Crippen LogP contribution in [0, 0.1) is 0 Å². The monoisotopic (exact) mass is 286 g/mol. The molecular weight excluding hydrogens is 260 g/mol. The molecular formula is C18H26N2O. The summed E-state index contributed by atoms with van der Waals surface area (Å²) in [6, 6.07) is 10.9. The van der Waals surface area contributed by atoms with E-state index in [1.54, 1.807) is 7.11 Å². The summed E-state index contributed by atoms with van der Waals surface area (Å²) in [4.78, 5) is 0. The van der Waals surface area contributed by atoms with Gasteiger partial charge in [0.2, 0.25) is 0 Å². The summed E-state index contributed by atoms with van der Waals surface area (Å²) >= 11 is 0. The van der Waals surface area contributed by atoms with Crippen molar-refractivity contribution in [2.24, 2.45) is 0 Å². The van der Waals surface area contributed by atoms with Crippen LogP contribution in [-0.2, 0) is 13.1 Å². The Labute approximate surface area is 127 Å². The van der Waals surface area contributed by atoms with Crippen LogP contribution >= 0.6 is 0 Å². The maximum absolute atomic E-state index is 5.21. The van der Waals surface area contributed by atoms with Crippen molar-refractivity contribution in [3.8, 4) is 5.75 Å². The van der Waals surface area contributed by atoms with E-state index in [9.17, 15) is 0 Å². The van der Waals surface area contributed by atoms with Gasteiger partial charge in [-0.05, 0) is 42.2 Å². The van der Waals surface area contributed by atoms with E-state index in [0.29, 0.717) is 6.04 Å². The van der Waals surface area contributed by atoms with E-state index in [4.69, 9.17) is 4.74 Å². The van der Waals surface area contributed by atoms with E-state index in [-0.39, 0.29) is 0 Å². The van der Waals surface area contributed by atoms with Crippen molar-refractivity contribution < 1.29 is 4.74 Å². The molecule has 21 heavy (non-hydrogen) atoms. The Hall–Kier alpha value is -1.74. The molecule has 0 aliphatic rings. The lowest BCUT2D eigenvalue weighted by Crippen LogP contribution is -2.20. The minimum Gasteiger partial charge on any atom is -0.497 e. The molecule has 1 aromatic carbocycles. The van der Waals surface area contributed by atoms with Crippen molar-refractivity contribution in [1.29, 1.82) is 0 Å². The van der Waals surface area contributed by atoms with Crippen molar-refractivity contribution in [3.63, 3.8) is 0 Å². The smallest absolute Gasteiger partial charge is 0.118 e. The Morgan fingerprint density at radius 1 is 1.14 bits per heavy atom. The first-order chi connectivity index (χ1) is 10.3. The number of hydrogen-bond donors (Lipinski definition) is 1. The van der Waals surface area contributed by atoms with Crippen LogP contribution < -0.4 is 10.1 Å². The molecule has 1 heterocycles. The second-order valence-corrected chi connectivity index (χ2v) is 5.37. The van der Waals surface area contributed by atoms with Crippen molar-refractivity contribution in [1.82, 2.24) is 9.88 Å². The summed E-state index contributed by atoms with van der Waals surface area (Å²) < 4.78 is 7.47. The van der Waals surface area contributed by atoms with Gasteiger partial charge >= 0.3 is 0 Å². The van der Waals surface area contributed by atoms with Gasteiger partial charge in [0, 0.05) is 31.5 Å². The van der Waals surface area contributed by atoms with E-state index in [1.807, 2.05) is 12.1 Å². The highest BCUT2D eigenvalue weighted by atomic mass is 16.5. The molecule has 0 aliphatic heterocycles. The molecule has 2 rings (SSSR count). The molecule has 1 unspecified atom stereocenters. The summed E-state index contributed by atoms with van der Waals surface area (Å²) in [6.45, 7) is 6.41. The van der Waals surface area contributed by atoms with Gasteiger partial charge < -0.3 is 14.6 Å². The average Bonchev–Trinajstić information content (AvgIpc) is 2.96. The van der Waals surface area contributed by atoms with Crippen LogP contribution in [-0.4, -0.2) is 11.7 Å². The lowest BCUT2D eigenvalue weighted by molar-refractivity contribution is 0.414. The molecule has 0 spiro atoms. The predicted molar refractivity (Wildman–Crippen MR) is 87.6 cm³/mol. The Bertz CT molecular complexity index is 530. The van der Waals surface area contributed by atoms with Crippen LogP contribution in [0.2, 0.25) is 0 Å². The first kappa shape index (κ1) is 15.6. The maximum atomic E-state index is 5.21. The summed E-state index contributed by atoms with van der Waals surface area (Å²) in [7, 11) is 1.70. The van der Waals surface area contributed by atoms with Crippen molar-refractivity contribution >= 4 is 0 Å². The highest BCUT2D eigenvalue weighted by molar-refractivity contribution is 5.29. The van der Waals surface area contributed by atoms with Crippen LogP contribution in [0.5, 0.6) is 5.75 Å². The van der Waals surface area contributed by atoms with Gasteiger partial charge in [-0.1, -0.05) is 26.0 Å². The predicted octanol–water partition coefficient (Wildman–Crippen LogP) is 4.15. The van der Waals surface area contributed by atoms with Gasteiger partial charge in [-0.15, -0.1) is 0 Å². The molecule has 1 aromatic heterocycles. The summed E-state index contributed by atoms with van der Waals surface area (Å²) in [5.74, 6) is 0.908. The number of nitrogens with one attached hydrogen (secondary N) is 1. The van der Waals surface area contributed by atoms with Crippen LogP contribution in [0.4, 0.5) is 0 Å². The van der Waals surface area contributed by atoms with Crippen LogP contribution in [0.1, 0.15) is 43.9 Å². The molecule has 0 bridgehead atoms. The summed E-state index contributed by atoms with van der Waals surface area (Å²) in [5, 5.41) is 3.64. The zero-order valence-corrected chi connectivity index (χ0v) is 13.3. The fourth-order valence-electron chi connectivity index (χ4n) is 2.57. The van der Waals surface area contributed by atoms with Crippen molar-refractivity contribution in [2.45, 2.75) is 45.8 Å². The SMILES string of the molecule is CCCn1ccc(CNC(CC)c2ccc(OC)cc2)c1. The highest BCUT2D eigenvalue weighted by Gasteiger charge is 2.09. The normalized spacial score (nSPS) is 12.3. The van der Waals surface area contributed by atoms with E-state index in [0.717, 1.165) is 25.3 Å². The zero-order chi connectivity index (χ0) is 15.1. The van der Waals surface area contributed by atoms with Crippen LogP contribution in [0.15, 0.2) is 42.7 Å². The molecule has 0 radical (unpaired) electrons. The lowest BCUT2D eigenvalue weighted by Gasteiger charge is -2.17. The molecule has 0 fully saturated rings. The van der Waals surface area contributed by atoms with Gasteiger partial charge in [0.1, 0.15) is 5.75 Å². The molecule has 3 heteroatoms. The number of hydrogen-bond acceptors (Lipinski definition) is 2. The largest absolute Gasteiger partial charge is 0.497 e. The molecule has 0 aliphatic carbocycles. The van der Waals surface area contributed by atoms with E-state index in [2.05, 4.69) is 54.3 Å². The van der Waals surface area contributed by atoms with Crippen LogP contribution in [0.25, 0.3) is 0 Å². The third kappa shape index (κ3) is 4.36. The summed E-state index contributed by atoms with van der Waals surface area (Å²) in [6.07, 6.45) is 6.64. The van der Waals surface area contributed by atoms with E-state index >= 15 is 0 Å². The molecule has 0 saturated heterocycles. The van der Waals surface area contributed by atoms with Gasteiger partial charge in [0.15, 0.2) is 0 Å². The van der Waals surface area contributed by atoms with Gasteiger partial charge in [0.25, 0.3) is 0 Å². The minimum absolute atomic E-state index is 0.380. The number of aryl methyl sites for hydroxylation is 1. The quantitative estimate of drug-likeness (QED) is 0.789. The van der Waals surface area contributed by atoms with E-state index in [1.165, 1.54) is 17.5 Å². The first-order valence-corrected chi connectivity index (χ1v) is 7.78. The topological polar surface area (TPSA) is 26.2 Å². The van der Waals surface area contributed by atoms with Crippen molar-refractivity contribution in [3.05, 3.63) is 53.9 Å². The molecule has 2 aromatic rings. The standard InChI is InChI=1S/C18H26N2O/c1-4-11-20-12-10-15(14-20)13-19-18(5-2)16-6-8-17(21-3)9-7-16/h6-10,12,14,18-19H,4-5,11,13H2,1-3H3. The Kier molecular flexibility index (Phi) is 5.88. The number of methoxy groups -OCH3 is 1. The maximum Gasteiger partial charge on any atom is 0.118 e. The summed E-state index contributed by atoms with van der Waals surface area (Å²) in [5.41, 5.74) is 2.65. The van der Waals surface area contributed by atoms with Gasteiger partial charge in [-0.25, -0.2) is 0 Å². The number of rotatable bonds is 8. The number of benzene rings is 1. The fraction of sp³-hybridized carbons (Fsp3) is 0.444. The number of ether oxygens (including phenoxy) is 1. The average molecular weight is 286 g/mol. The Morgan fingerprint density at radius 2 is 1.90 bits per heavy atom. The minimum atomic E-state index is 0.380. The molecule has 3 nitrogen and oxygen atoms in total. The second-order valence-electron chi connectivity index (χ2n) is 5.37. The molecule has 0 saturated carbocycles. The first-order valence-electron chi connectivity index (χ1n) is 7.78. The zero-order valence-electron chi connectivity index (χ0n) is 13.3. The van der Waals surface area contributed by atoms with Gasteiger partial charge in [-0.2, -0.15) is 0 Å². The molecule has 114 valence electrons. The third-order valence-corrected chi connectivity index (χ3v) is 3.77. The Morgan fingerprint density at radius 3 is 2.52 bits per heavy atom. The highest BCUT2D eigenvalue weighted by Crippen LogP contribution is 2.20. The Balaban J connectivity index is 1.94. The molecule has 0 amide bonds. The fourth-order valence-corrected chi connectivity index (χ4v) is 2.57.